The zero-order valence-electron chi connectivity index (χ0n) is 15.5. The van der Waals surface area contributed by atoms with E-state index in [-0.39, 0.29) is 10.7 Å². The van der Waals surface area contributed by atoms with Crippen LogP contribution >= 0.6 is 0 Å². The highest BCUT2D eigenvalue weighted by Gasteiger charge is 2.25. The maximum atomic E-state index is 13.1. The second-order valence-electron chi connectivity index (χ2n) is 6.09. The van der Waals surface area contributed by atoms with Crippen LogP contribution in [0.4, 0.5) is 11.6 Å². The van der Waals surface area contributed by atoms with Crippen molar-refractivity contribution in [3.63, 3.8) is 0 Å². The average molecular weight is 386 g/mol. The van der Waals surface area contributed by atoms with Gasteiger partial charge in [0.1, 0.15) is 0 Å². The lowest BCUT2D eigenvalue weighted by molar-refractivity contribution is 0.210. The molecule has 0 amide bonds. The number of fused-ring (bicyclic) bond motifs is 1. The summed E-state index contributed by atoms with van der Waals surface area (Å²) in [5, 5.41) is 3.12. The standard InChI is InChI=1S/C19H22N4O3S/c1-14-8-10-15(11-9-14)27(24,25)23(2)19-18(20-12-13-26-3)21-16-6-4-5-7-17(16)22-19/h4-11H,12-13H2,1-3H3,(H,20,21). The number of anilines is 2. The Morgan fingerprint density at radius 3 is 2.30 bits per heavy atom. The van der Waals surface area contributed by atoms with Crippen molar-refractivity contribution < 1.29 is 13.2 Å². The minimum absolute atomic E-state index is 0.202. The van der Waals surface area contributed by atoms with E-state index in [9.17, 15) is 8.42 Å². The van der Waals surface area contributed by atoms with E-state index in [0.29, 0.717) is 30.0 Å². The van der Waals surface area contributed by atoms with Crippen LogP contribution in [0.3, 0.4) is 0 Å². The molecule has 0 aliphatic carbocycles. The number of hydrogen-bond donors (Lipinski definition) is 1. The molecule has 1 N–H and O–H groups in total. The van der Waals surface area contributed by atoms with Crippen molar-refractivity contribution in [3.05, 3.63) is 54.1 Å². The van der Waals surface area contributed by atoms with E-state index in [0.717, 1.165) is 9.87 Å². The highest BCUT2D eigenvalue weighted by atomic mass is 32.2. The number of rotatable bonds is 7. The number of nitrogens with one attached hydrogen (secondary N) is 1. The maximum absolute atomic E-state index is 13.1. The Labute approximate surface area is 159 Å². The zero-order valence-corrected chi connectivity index (χ0v) is 16.3. The van der Waals surface area contributed by atoms with E-state index in [1.165, 1.54) is 7.05 Å². The van der Waals surface area contributed by atoms with Crippen LogP contribution in [0.5, 0.6) is 0 Å². The lowest BCUT2D eigenvalue weighted by Crippen LogP contribution is -2.29. The van der Waals surface area contributed by atoms with E-state index < -0.39 is 10.0 Å². The summed E-state index contributed by atoms with van der Waals surface area (Å²) in [6.45, 7) is 2.85. The molecule has 0 spiro atoms. The first-order valence-corrected chi connectivity index (χ1v) is 9.92. The molecular formula is C19H22N4O3S. The molecule has 0 saturated heterocycles. The first kappa shape index (κ1) is 19.1. The van der Waals surface area contributed by atoms with Gasteiger partial charge in [0.05, 0.1) is 22.5 Å². The molecule has 142 valence electrons. The molecule has 7 nitrogen and oxygen atoms in total. The van der Waals surface area contributed by atoms with Gasteiger partial charge in [0.15, 0.2) is 11.6 Å². The molecule has 8 heteroatoms. The first-order valence-electron chi connectivity index (χ1n) is 8.48. The van der Waals surface area contributed by atoms with E-state index in [2.05, 4.69) is 15.3 Å². The molecule has 0 unspecified atom stereocenters. The molecule has 1 aromatic heterocycles. The molecule has 0 radical (unpaired) electrons. The third-order valence-corrected chi connectivity index (χ3v) is 5.89. The van der Waals surface area contributed by atoms with Crippen LogP contribution in [-0.4, -0.2) is 45.7 Å². The summed E-state index contributed by atoms with van der Waals surface area (Å²) in [5.74, 6) is 0.634. The van der Waals surface area contributed by atoms with Gasteiger partial charge in [0, 0.05) is 20.7 Å². The van der Waals surface area contributed by atoms with Gasteiger partial charge in [0.2, 0.25) is 0 Å². The first-order chi connectivity index (χ1) is 12.9. The number of para-hydroxylation sites is 2. The number of nitrogens with zero attached hydrogens (tertiary/aromatic N) is 3. The van der Waals surface area contributed by atoms with Crippen LogP contribution in [0.25, 0.3) is 11.0 Å². The Morgan fingerprint density at radius 1 is 1.04 bits per heavy atom. The molecule has 3 rings (SSSR count). The smallest absolute Gasteiger partial charge is 0.265 e. The van der Waals surface area contributed by atoms with Crippen molar-refractivity contribution in [3.8, 4) is 0 Å². The lowest BCUT2D eigenvalue weighted by Gasteiger charge is -2.21. The molecule has 0 saturated carbocycles. The molecule has 0 aliphatic rings. The summed E-state index contributed by atoms with van der Waals surface area (Å²) in [5.41, 5.74) is 2.29. The number of aromatic nitrogens is 2. The summed E-state index contributed by atoms with van der Waals surface area (Å²) in [6, 6.07) is 14.1. The zero-order chi connectivity index (χ0) is 19.4. The number of methoxy groups -OCH3 is 1. The second kappa shape index (κ2) is 7.89. The summed E-state index contributed by atoms with van der Waals surface area (Å²) in [7, 11) is -0.689. The SMILES string of the molecule is COCCNc1nc2ccccc2nc1N(C)S(=O)(=O)c1ccc(C)cc1. The fourth-order valence-corrected chi connectivity index (χ4v) is 3.73. The van der Waals surface area contributed by atoms with Gasteiger partial charge in [0.25, 0.3) is 10.0 Å². The van der Waals surface area contributed by atoms with Crippen LogP contribution in [0.15, 0.2) is 53.4 Å². The third-order valence-electron chi connectivity index (χ3n) is 4.13. The Hall–Kier alpha value is -2.71. The van der Waals surface area contributed by atoms with Gasteiger partial charge in [-0.3, -0.25) is 0 Å². The largest absolute Gasteiger partial charge is 0.383 e. The topological polar surface area (TPSA) is 84.4 Å². The Balaban J connectivity index is 2.06. The molecule has 0 atom stereocenters. The Morgan fingerprint density at radius 2 is 1.67 bits per heavy atom. The van der Waals surface area contributed by atoms with Gasteiger partial charge in [-0.2, -0.15) is 0 Å². The molecule has 2 aromatic carbocycles. The fourth-order valence-electron chi connectivity index (χ4n) is 2.58. The van der Waals surface area contributed by atoms with E-state index in [4.69, 9.17) is 4.74 Å². The van der Waals surface area contributed by atoms with Gasteiger partial charge >= 0.3 is 0 Å². The summed E-state index contributed by atoms with van der Waals surface area (Å²) < 4.78 is 32.4. The molecule has 0 aliphatic heterocycles. The van der Waals surface area contributed by atoms with Gasteiger partial charge in [-0.05, 0) is 31.2 Å². The Kier molecular flexibility index (Phi) is 5.57. The monoisotopic (exact) mass is 386 g/mol. The number of ether oxygens (including phenoxy) is 1. The summed E-state index contributed by atoms with van der Waals surface area (Å²) in [4.78, 5) is 9.30. The van der Waals surface area contributed by atoms with Crippen LogP contribution in [0.2, 0.25) is 0 Å². The van der Waals surface area contributed by atoms with E-state index >= 15 is 0 Å². The Bertz CT molecular complexity index is 1040. The van der Waals surface area contributed by atoms with Crippen LogP contribution in [-0.2, 0) is 14.8 Å². The molecule has 3 aromatic rings. The normalized spacial score (nSPS) is 11.5. The van der Waals surface area contributed by atoms with Crippen molar-refractivity contribution in [2.24, 2.45) is 0 Å². The summed E-state index contributed by atoms with van der Waals surface area (Å²) in [6.07, 6.45) is 0. The van der Waals surface area contributed by atoms with Crippen LogP contribution in [0.1, 0.15) is 5.56 Å². The number of sulfonamides is 1. The lowest BCUT2D eigenvalue weighted by atomic mass is 10.2. The highest BCUT2D eigenvalue weighted by Crippen LogP contribution is 2.28. The van der Waals surface area contributed by atoms with E-state index in [1.54, 1.807) is 37.4 Å². The molecule has 0 bridgehead atoms. The minimum Gasteiger partial charge on any atom is -0.383 e. The quantitative estimate of drug-likeness (QED) is 0.629. The van der Waals surface area contributed by atoms with Crippen molar-refractivity contribution in [1.82, 2.24) is 9.97 Å². The summed E-state index contributed by atoms with van der Waals surface area (Å²) >= 11 is 0. The van der Waals surface area contributed by atoms with Crippen molar-refractivity contribution >= 4 is 32.7 Å². The molecule has 0 fully saturated rings. The number of aryl methyl sites for hydroxylation is 1. The predicted octanol–water partition coefficient (Wildman–Crippen LogP) is 2.82. The predicted molar refractivity (Wildman–Crippen MR) is 107 cm³/mol. The van der Waals surface area contributed by atoms with Crippen molar-refractivity contribution in [2.75, 3.05) is 36.9 Å². The second-order valence-corrected chi connectivity index (χ2v) is 8.06. The third kappa shape index (κ3) is 4.01. The van der Waals surface area contributed by atoms with Crippen LogP contribution < -0.4 is 9.62 Å². The van der Waals surface area contributed by atoms with Crippen molar-refractivity contribution in [1.29, 1.82) is 0 Å². The fraction of sp³-hybridized carbons (Fsp3) is 0.263. The molecule has 1 heterocycles. The van der Waals surface area contributed by atoms with Crippen LogP contribution in [0, 0.1) is 6.92 Å². The van der Waals surface area contributed by atoms with Gasteiger partial charge in [-0.1, -0.05) is 29.8 Å². The van der Waals surface area contributed by atoms with E-state index in [1.807, 2.05) is 25.1 Å². The minimum atomic E-state index is -3.77. The maximum Gasteiger partial charge on any atom is 0.265 e. The van der Waals surface area contributed by atoms with Gasteiger partial charge in [-0.15, -0.1) is 0 Å². The van der Waals surface area contributed by atoms with Gasteiger partial charge < -0.3 is 10.1 Å². The molecular weight excluding hydrogens is 364 g/mol. The molecule has 27 heavy (non-hydrogen) atoms. The number of hydrogen-bond acceptors (Lipinski definition) is 6. The van der Waals surface area contributed by atoms with Gasteiger partial charge in [-0.25, -0.2) is 22.7 Å². The van der Waals surface area contributed by atoms with Crippen molar-refractivity contribution in [2.45, 2.75) is 11.8 Å². The average Bonchev–Trinajstić information content (AvgIpc) is 2.67. The number of benzene rings is 2. The highest BCUT2D eigenvalue weighted by molar-refractivity contribution is 7.92.